The number of nitrogens with zero attached hydrogens (tertiary/aromatic N) is 2. The van der Waals surface area contributed by atoms with Gasteiger partial charge >= 0.3 is 0 Å². The van der Waals surface area contributed by atoms with Crippen LogP contribution in [0.4, 0.5) is 5.69 Å². The predicted molar refractivity (Wildman–Crippen MR) is 111 cm³/mol. The molecule has 0 bridgehead atoms. The third-order valence-corrected chi connectivity index (χ3v) is 5.27. The van der Waals surface area contributed by atoms with Crippen molar-refractivity contribution in [3.05, 3.63) is 69.1 Å². The molecule has 0 atom stereocenters. The largest absolute Gasteiger partial charge is 0.486 e. The number of aromatic nitrogens is 2. The summed E-state index contributed by atoms with van der Waals surface area (Å²) in [6.07, 6.45) is 2.10. The molecule has 0 spiro atoms. The molecule has 1 fully saturated rings. The van der Waals surface area contributed by atoms with Gasteiger partial charge in [0.15, 0.2) is 5.01 Å². The highest BCUT2D eigenvalue weighted by Crippen LogP contribution is 2.21. The van der Waals surface area contributed by atoms with Crippen molar-refractivity contribution in [3.63, 3.8) is 0 Å². The van der Waals surface area contributed by atoms with Gasteiger partial charge in [0.25, 0.3) is 11.8 Å². The number of carbonyl (C=O) groups excluding carboxylic acids is 2. The number of anilines is 1. The van der Waals surface area contributed by atoms with Crippen LogP contribution < -0.4 is 15.4 Å². The fourth-order valence-electron chi connectivity index (χ4n) is 2.50. The van der Waals surface area contributed by atoms with E-state index in [0.717, 1.165) is 24.2 Å². The van der Waals surface area contributed by atoms with Gasteiger partial charge in [-0.3, -0.25) is 9.59 Å². The number of halogens is 1. The number of benzene rings is 2. The monoisotopic (exact) mass is 428 g/mol. The molecule has 0 unspecified atom stereocenters. The molecule has 1 heterocycles. The number of amides is 2. The summed E-state index contributed by atoms with van der Waals surface area (Å²) in [5, 5.41) is 14.9. The Morgan fingerprint density at radius 1 is 1.10 bits per heavy atom. The van der Waals surface area contributed by atoms with Crippen LogP contribution >= 0.6 is 22.9 Å². The molecule has 1 saturated carbocycles. The summed E-state index contributed by atoms with van der Waals surface area (Å²) < 4.78 is 5.67. The smallest absolute Gasteiger partial charge is 0.286 e. The normalized spacial score (nSPS) is 13.0. The lowest BCUT2D eigenvalue weighted by Crippen LogP contribution is -2.25. The van der Waals surface area contributed by atoms with Gasteiger partial charge in [0.1, 0.15) is 12.4 Å². The third-order valence-electron chi connectivity index (χ3n) is 4.13. The maximum atomic E-state index is 12.3. The van der Waals surface area contributed by atoms with Crippen LogP contribution in [0.5, 0.6) is 5.75 Å². The minimum Gasteiger partial charge on any atom is -0.486 e. The zero-order valence-corrected chi connectivity index (χ0v) is 16.8. The van der Waals surface area contributed by atoms with Gasteiger partial charge in [0.05, 0.1) is 0 Å². The van der Waals surface area contributed by atoms with Crippen LogP contribution in [0.15, 0.2) is 48.5 Å². The number of hydrogen-bond donors (Lipinski definition) is 2. The summed E-state index contributed by atoms with van der Waals surface area (Å²) in [5.74, 6) is 0.175. The van der Waals surface area contributed by atoms with E-state index >= 15 is 0 Å². The maximum Gasteiger partial charge on any atom is 0.286 e. The topological polar surface area (TPSA) is 93.2 Å². The maximum absolute atomic E-state index is 12.3. The summed E-state index contributed by atoms with van der Waals surface area (Å²) in [7, 11) is 0. The first kappa shape index (κ1) is 19.4. The van der Waals surface area contributed by atoms with E-state index in [4.69, 9.17) is 16.3 Å². The van der Waals surface area contributed by atoms with Crippen molar-refractivity contribution >= 4 is 40.4 Å². The van der Waals surface area contributed by atoms with Gasteiger partial charge in [-0.25, -0.2) is 0 Å². The molecule has 2 amide bonds. The number of rotatable bonds is 7. The van der Waals surface area contributed by atoms with Crippen LogP contribution in [-0.2, 0) is 6.61 Å². The van der Waals surface area contributed by atoms with E-state index < -0.39 is 0 Å². The highest BCUT2D eigenvalue weighted by atomic mass is 35.5. The van der Waals surface area contributed by atoms with Gasteiger partial charge in [-0.2, -0.15) is 0 Å². The van der Waals surface area contributed by atoms with E-state index in [1.54, 1.807) is 48.5 Å². The Balaban J connectivity index is 1.30. The summed E-state index contributed by atoms with van der Waals surface area (Å²) in [6.45, 7) is 0.176. The van der Waals surface area contributed by atoms with E-state index in [1.165, 1.54) is 0 Å². The second-order valence-corrected chi connectivity index (χ2v) is 8.02. The molecule has 0 saturated heterocycles. The number of ether oxygens (including phenoxy) is 1. The standard InChI is InChI=1S/C20H17ClN4O3S/c21-13-2-1-3-15(10-13)23-19(27)20-25-24-17(29-20)11-28-16-8-4-12(5-9-16)18(26)22-14-6-7-14/h1-5,8-10,14H,6-7,11H2,(H,22,26)(H,23,27). The Kier molecular flexibility index (Phi) is 5.73. The number of hydrogen-bond acceptors (Lipinski definition) is 6. The van der Waals surface area contributed by atoms with Crippen LogP contribution in [0.2, 0.25) is 5.02 Å². The van der Waals surface area contributed by atoms with E-state index in [-0.39, 0.29) is 23.4 Å². The lowest BCUT2D eigenvalue weighted by atomic mass is 10.2. The van der Waals surface area contributed by atoms with Crippen molar-refractivity contribution in [2.75, 3.05) is 5.32 Å². The predicted octanol–water partition coefficient (Wildman–Crippen LogP) is 3.92. The highest BCUT2D eigenvalue weighted by Gasteiger charge is 2.23. The minimum atomic E-state index is -0.359. The van der Waals surface area contributed by atoms with Gasteiger partial charge in [-0.05, 0) is 55.3 Å². The Labute approximate surface area is 176 Å². The van der Waals surface area contributed by atoms with Crippen molar-refractivity contribution < 1.29 is 14.3 Å². The zero-order chi connectivity index (χ0) is 20.2. The van der Waals surface area contributed by atoms with Crippen molar-refractivity contribution in [2.24, 2.45) is 0 Å². The molecule has 1 aliphatic rings. The molecular weight excluding hydrogens is 412 g/mol. The van der Waals surface area contributed by atoms with Crippen molar-refractivity contribution in [3.8, 4) is 5.75 Å². The van der Waals surface area contributed by atoms with E-state index in [0.29, 0.717) is 33.1 Å². The fraction of sp³-hybridized carbons (Fsp3) is 0.200. The Morgan fingerprint density at radius 3 is 2.62 bits per heavy atom. The number of nitrogens with one attached hydrogen (secondary N) is 2. The van der Waals surface area contributed by atoms with Crippen LogP contribution in [0, 0.1) is 0 Å². The molecule has 2 aromatic carbocycles. The lowest BCUT2D eigenvalue weighted by molar-refractivity contribution is 0.0950. The first-order valence-corrected chi connectivity index (χ1v) is 10.2. The molecule has 0 radical (unpaired) electrons. The van der Waals surface area contributed by atoms with Crippen molar-refractivity contribution in [1.82, 2.24) is 15.5 Å². The van der Waals surface area contributed by atoms with Gasteiger partial charge in [-0.1, -0.05) is 29.0 Å². The first-order valence-electron chi connectivity index (χ1n) is 9.00. The van der Waals surface area contributed by atoms with Crippen LogP contribution in [0.1, 0.15) is 38.0 Å². The molecule has 0 aliphatic heterocycles. The number of carbonyl (C=O) groups is 2. The Morgan fingerprint density at radius 2 is 1.90 bits per heavy atom. The molecule has 1 aliphatic carbocycles. The second kappa shape index (κ2) is 8.59. The highest BCUT2D eigenvalue weighted by molar-refractivity contribution is 7.13. The van der Waals surface area contributed by atoms with Crippen molar-refractivity contribution in [2.45, 2.75) is 25.5 Å². The molecule has 7 nitrogen and oxygen atoms in total. The average Bonchev–Trinajstić information content (AvgIpc) is 3.39. The van der Waals surface area contributed by atoms with E-state index in [1.807, 2.05) is 0 Å². The Bertz CT molecular complexity index is 1030. The zero-order valence-electron chi connectivity index (χ0n) is 15.2. The summed E-state index contributed by atoms with van der Waals surface area (Å²) in [4.78, 5) is 24.3. The summed E-state index contributed by atoms with van der Waals surface area (Å²) in [6, 6.07) is 14.1. The van der Waals surface area contributed by atoms with E-state index in [9.17, 15) is 9.59 Å². The fourth-order valence-corrected chi connectivity index (χ4v) is 3.34. The van der Waals surface area contributed by atoms with Crippen molar-refractivity contribution in [1.29, 1.82) is 0 Å². The molecule has 9 heteroatoms. The minimum absolute atomic E-state index is 0.0708. The van der Waals surface area contributed by atoms with Gasteiger partial charge in [0, 0.05) is 22.3 Å². The molecule has 3 aromatic rings. The Hall–Kier alpha value is -2.97. The molecule has 148 valence electrons. The SMILES string of the molecule is O=C(NC1CC1)c1ccc(OCc2nnc(C(=O)Nc3cccc(Cl)c3)s2)cc1. The van der Waals surface area contributed by atoms with Crippen LogP contribution in [-0.4, -0.2) is 28.1 Å². The lowest BCUT2D eigenvalue weighted by Gasteiger charge is -2.06. The molecule has 2 N–H and O–H groups in total. The molecule has 29 heavy (non-hydrogen) atoms. The van der Waals surface area contributed by atoms with Crippen LogP contribution in [0.25, 0.3) is 0 Å². The second-order valence-electron chi connectivity index (χ2n) is 6.53. The molecular formula is C20H17ClN4O3S. The summed E-state index contributed by atoms with van der Waals surface area (Å²) >= 11 is 7.06. The van der Waals surface area contributed by atoms with Gasteiger partial charge in [-0.15, -0.1) is 10.2 Å². The van der Waals surface area contributed by atoms with Crippen LogP contribution in [0.3, 0.4) is 0 Å². The first-order chi connectivity index (χ1) is 14.1. The van der Waals surface area contributed by atoms with E-state index in [2.05, 4.69) is 20.8 Å². The van der Waals surface area contributed by atoms with Gasteiger partial charge in [0.2, 0.25) is 5.01 Å². The van der Waals surface area contributed by atoms with Gasteiger partial charge < -0.3 is 15.4 Å². The quantitative estimate of drug-likeness (QED) is 0.595. The third kappa shape index (κ3) is 5.30. The average molecular weight is 429 g/mol. The molecule has 4 rings (SSSR count). The molecule has 1 aromatic heterocycles. The summed E-state index contributed by atoms with van der Waals surface area (Å²) in [5.41, 5.74) is 1.18.